The van der Waals surface area contributed by atoms with E-state index in [2.05, 4.69) is 15.5 Å². The van der Waals surface area contributed by atoms with Gasteiger partial charge in [0.05, 0.1) is 22.4 Å². The molecule has 2 N–H and O–H groups in total. The van der Waals surface area contributed by atoms with Gasteiger partial charge in [0.15, 0.2) is 0 Å². The van der Waals surface area contributed by atoms with Crippen LogP contribution < -0.4 is 5.32 Å². The number of anilines is 1. The Bertz CT molecular complexity index is 642. The smallest absolute Gasteiger partial charge is 0.307 e. The number of rotatable bonds is 3. The van der Waals surface area contributed by atoms with E-state index < -0.39 is 33.8 Å². The molecule has 9 heteroatoms. The van der Waals surface area contributed by atoms with Gasteiger partial charge < -0.3 is 5.32 Å². The van der Waals surface area contributed by atoms with Crippen molar-refractivity contribution in [2.45, 2.75) is 0 Å². The first kappa shape index (κ1) is 12.6. The fourth-order valence-electron chi connectivity index (χ4n) is 1.34. The van der Waals surface area contributed by atoms with Crippen molar-refractivity contribution in [3.05, 3.63) is 51.8 Å². The van der Waals surface area contributed by atoms with Crippen LogP contribution in [0.3, 0.4) is 0 Å². The van der Waals surface area contributed by atoms with E-state index in [0.29, 0.717) is 12.1 Å². The number of hydrogen-bond donors (Lipinski definition) is 2. The SMILES string of the molecule is O=C(Nc1cc([N+](=O)[O-])c(F)cc1F)c1cn[nH]c1. The van der Waals surface area contributed by atoms with Gasteiger partial charge in [-0.05, 0) is 0 Å². The highest BCUT2D eigenvalue weighted by molar-refractivity contribution is 6.04. The van der Waals surface area contributed by atoms with Crippen LogP contribution in [0.2, 0.25) is 0 Å². The zero-order valence-corrected chi connectivity index (χ0v) is 9.18. The van der Waals surface area contributed by atoms with Gasteiger partial charge in [-0.1, -0.05) is 0 Å². The number of nitro groups is 1. The molecule has 0 saturated heterocycles. The fraction of sp³-hybridized carbons (Fsp3) is 0. The van der Waals surface area contributed by atoms with Gasteiger partial charge in [-0.3, -0.25) is 20.0 Å². The van der Waals surface area contributed by atoms with Crippen molar-refractivity contribution < 1.29 is 18.5 Å². The minimum Gasteiger partial charge on any atom is -0.319 e. The maximum atomic E-state index is 13.4. The van der Waals surface area contributed by atoms with E-state index in [4.69, 9.17) is 0 Å². The van der Waals surface area contributed by atoms with E-state index in [0.717, 1.165) is 0 Å². The zero-order chi connectivity index (χ0) is 14.0. The van der Waals surface area contributed by atoms with E-state index in [1.165, 1.54) is 12.4 Å². The number of H-pyrrole nitrogens is 1. The third-order valence-electron chi connectivity index (χ3n) is 2.24. The van der Waals surface area contributed by atoms with E-state index in [1.54, 1.807) is 0 Å². The summed E-state index contributed by atoms with van der Waals surface area (Å²) in [5, 5.41) is 18.5. The molecule has 0 aliphatic rings. The number of carbonyl (C=O) groups excluding carboxylic acids is 1. The molecule has 0 aliphatic carbocycles. The first-order valence-electron chi connectivity index (χ1n) is 4.92. The molecule has 1 aromatic carbocycles. The lowest BCUT2D eigenvalue weighted by Gasteiger charge is -2.05. The first-order valence-corrected chi connectivity index (χ1v) is 4.92. The van der Waals surface area contributed by atoms with E-state index in [9.17, 15) is 23.7 Å². The van der Waals surface area contributed by atoms with Crippen molar-refractivity contribution in [3.8, 4) is 0 Å². The Kier molecular flexibility index (Phi) is 3.19. The molecular formula is C10H6F2N4O3. The lowest BCUT2D eigenvalue weighted by Crippen LogP contribution is -2.12. The van der Waals surface area contributed by atoms with Crippen LogP contribution in [0.5, 0.6) is 0 Å². The van der Waals surface area contributed by atoms with Crippen LogP contribution in [-0.4, -0.2) is 21.0 Å². The summed E-state index contributed by atoms with van der Waals surface area (Å²) in [5.41, 5.74) is -1.31. The minimum absolute atomic E-state index is 0.103. The topological polar surface area (TPSA) is 101 Å². The van der Waals surface area contributed by atoms with Crippen molar-refractivity contribution in [2.24, 2.45) is 0 Å². The van der Waals surface area contributed by atoms with Gasteiger partial charge in [0.2, 0.25) is 5.82 Å². The maximum absolute atomic E-state index is 13.4. The lowest BCUT2D eigenvalue weighted by molar-refractivity contribution is -0.387. The minimum atomic E-state index is -1.32. The summed E-state index contributed by atoms with van der Waals surface area (Å²) >= 11 is 0. The standard InChI is InChI=1S/C10H6F2N4O3/c11-6-1-7(12)9(16(18)19)2-8(6)15-10(17)5-3-13-14-4-5/h1-4H,(H,13,14)(H,15,17). The molecule has 0 fully saturated rings. The molecule has 0 spiro atoms. The predicted octanol–water partition coefficient (Wildman–Crippen LogP) is 1.85. The molecule has 0 unspecified atom stereocenters. The highest BCUT2D eigenvalue weighted by Crippen LogP contribution is 2.25. The molecule has 1 amide bonds. The number of benzene rings is 1. The Labute approximate surface area is 104 Å². The number of nitrogens with zero attached hydrogens (tertiary/aromatic N) is 2. The number of nitro benzene ring substituents is 1. The van der Waals surface area contributed by atoms with Crippen LogP contribution in [0.15, 0.2) is 24.5 Å². The van der Waals surface area contributed by atoms with Crippen molar-refractivity contribution in [2.75, 3.05) is 5.32 Å². The Balaban J connectivity index is 2.32. The molecule has 19 heavy (non-hydrogen) atoms. The molecule has 2 aromatic rings. The molecule has 7 nitrogen and oxygen atoms in total. The molecular weight excluding hydrogens is 262 g/mol. The van der Waals surface area contributed by atoms with Gasteiger partial charge in [0, 0.05) is 18.3 Å². The van der Waals surface area contributed by atoms with E-state index in [1.807, 2.05) is 0 Å². The largest absolute Gasteiger partial charge is 0.319 e. The summed E-state index contributed by atoms with van der Waals surface area (Å²) in [6.07, 6.45) is 2.44. The lowest BCUT2D eigenvalue weighted by atomic mass is 10.2. The van der Waals surface area contributed by atoms with Crippen LogP contribution >= 0.6 is 0 Å². The van der Waals surface area contributed by atoms with Gasteiger partial charge in [-0.2, -0.15) is 9.49 Å². The fourth-order valence-corrected chi connectivity index (χ4v) is 1.34. The molecule has 0 saturated carbocycles. The van der Waals surface area contributed by atoms with Crippen LogP contribution in [0.25, 0.3) is 0 Å². The number of amides is 1. The second kappa shape index (κ2) is 4.80. The van der Waals surface area contributed by atoms with Crippen molar-refractivity contribution >= 4 is 17.3 Å². The van der Waals surface area contributed by atoms with Crippen molar-refractivity contribution in [3.63, 3.8) is 0 Å². The van der Waals surface area contributed by atoms with Gasteiger partial charge in [-0.15, -0.1) is 0 Å². The molecule has 0 aliphatic heterocycles. The number of hydrogen-bond acceptors (Lipinski definition) is 4. The van der Waals surface area contributed by atoms with Crippen LogP contribution in [0, 0.1) is 21.7 Å². The zero-order valence-electron chi connectivity index (χ0n) is 9.18. The Morgan fingerprint density at radius 1 is 1.37 bits per heavy atom. The van der Waals surface area contributed by atoms with Gasteiger partial charge >= 0.3 is 5.69 Å². The highest BCUT2D eigenvalue weighted by atomic mass is 19.1. The number of nitrogens with one attached hydrogen (secondary N) is 2. The van der Waals surface area contributed by atoms with Crippen molar-refractivity contribution in [1.29, 1.82) is 0 Å². The average Bonchev–Trinajstić information content (AvgIpc) is 2.85. The molecule has 2 rings (SSSR count). The predicted molar refractivity (Wildman–Crippen MR) is 59.6 cm³/mol. The summed E-state index contributed by atoms with van der Waals surface area (Å²) < 4.78 is 26.5. The monoisotopic (exact) mass is 268 g/mol. The van der Waals surface area contributed by atoms with Gasteiger partial charge in [-0.25, -0.2) is 4.39 Å². The summed E-state index contributed by atoms with van der Waals surface area (Å²) in [6, 6.07) is 0.950. The molecule has 0 atom stereocenters. The average molecular weight is 268 g/mol. The molecule has 1 heterocycles. The second-order valence-electron chi connectivity index (χ2n) is 3.48. The van der Waals surface area contributed by atoms with Crippen LogP contribution in [-0.2, 0) is 0 Å². The van der Waals surface area contributed by atoms with Gasteiger partial charge in [0.1, 0.15) is 5.82 Å². The van der Waals surface area contributed by atoms with Gasteiger partial charge in [0.25, 0.3) is 5.91 Å². The summed E-state index contributed by atoms with van der Waals surface area (Å²) in [7, 11) is 0. The van der Waals surface area contributed by atoms with E-state index in [-0.39, 0.29) is 5.56 Å². The van der Waals surface area contributed by atoms with Crippen molar-refractivity contribution in [1.82, 2.24) is 10.2 Å². The summed E-state index contributed by atoms with van der Waals surface area (Å²) in [4.78, 5) is 21.1. The maximum Gasteiger partial charge on any atom is 0.307 e. The number of halogens is 2. The summed E-state index contributed by atoms with van der Waals surface area (Å²) in [6.45, 7) is 0. The number of aromatic amines is 1. The first-order chi connectivity index (χ1) is 8.99. The third-order valence-corrected chi connectivity index (χ3v) is 2.24. The highest BCUT2D eigenvalue weighted by Gasteiger charge is 2.20. The molecule has 98 valence electrons. The molecule has 1 aromatic heterocycles. The summed E-state index contributed by atoms with van der Waals surface area (Å²) in [5.74, 6) is -3.16. The molecule has 0 bridgehead atoms. The van der Waals surface area contributed by atoms with Crippen LogP contribution in [0.4, 0.5) is 20.2 Å². The Hall–Kier alpha value is -2.84. The Morgan fingerprint density at radius 2 is 2.11 bits per heavy atom. The second-order valence-corrected chi connectivity index (χ2v) is 3.48. The third kappa shape index (κ3) is 2.54. The van der Waals surface area contributed by atoms with E-state index >= 15 is 0 Å². The quantitative estimate of drug-likeness (QED) is 0.655. The molecule has 0 radical (unpaired) electrons. The number of aromatic nitrogens is 2. The Morgan fingerprint density at radius 3 is 2.68 bits per heavy atom. The van der Waals surface area contributed by atoms with Crippen LogP contribution in [0.1, 0.15) is 10.4 Å². The normalized spacial score (nSPS) is 10.2. The number of carbonyl (C=O) groups is 1.